The largest absolute Gasteiger partial charge is 0.598 e. The molecule has 1 aromatic rings. The fourth-order valence-electron chi connectivity index (χ4n) is 1.54. The van der Waals surface area contributed by atoms with Crippen LogP contribution in [-0.4, -0.2) is 14.9 Å². The van der Waals surface area contributed by atoms with E-state index < -0.39 is 11.4 Å². The van der Waals surface area contributed by atoms with Gasteiger partial charge in [0.1, 0.15) is 5.75 Å². The fourth-order valence-corrected chi connectivity index (χ4v) is 3.49. The highest BCUT2D eigenvalue weighted by molar-refractivity contribution is 9.10. The molecule has 1 rings (SSSR count). The molecule has 1 N–H and O–H groups in total. The van der Waals surface area contributed by atoms with E-state index >= 15 is 0 Å². The molecule has 0 amide bonds. The Kier molecular flexibility index (Phi) is 6.42. The molecule has 0 bridgehead atoms. The van der Waals surface area contributed by atoms with E-state index in [0.29, 0.717) is 5.75 Å². The van der Waals surface area contributed by atoms with Gasteiger partial charge in [0.2, 0.25) is 0 Å². The molecule has 0 aliphatic heterocycles. The van der Waals surface area contributed by atoms with Crippen molar-refractivity contribution in [1.29, 1.82) is 0 Å². The maximum Gasteiger partial charge on any atom is 0.250 e. The smallest absolute Gasteiger partial charge is 0.250 e. The predicted octanol–water partition coefficient (Wildman–Crippen LogP) is 2.26. The van der Waals surface area contributed by atoms with Crippen LogP contribution in [-0.2, 0) is 18.4 Å². The number of unbranched alkanes of at least 4 members (excludes halogenated alkanes) is 1. The molecule has 0 spiro atoms. The number of rotatable bonds is 6. The second-order valence-electron chi connectivity index (χ2n) is 4.27. The van der Waals surface area contributed by atoms with E-state index in [2.05, 4.69) is 27.6 Å². The Morgan fingerprint density at radius 2 is 2.28 bits per heavy atom. The van der Waals surface area contributed by atoms with Gasteiger partial charge in [-0.15, -0.1) is 4.72 Å². The highest BCUT2D eigenvalue weighted by Crippen LogP contribution is 2.21. The van der Waals surface area contributed by atoms with Gasteiger partial charge in [0.15, 0.2) is 0 Å². The highest BCUT2D eigenvalue weighted by Gasteiger charge is 2.16. The van der Waals surface area contributed by atoms with Gasteiger partial charge in [-0.25, -0.2) is 0 Å². The Labute approximate surface area is 119 Å². The van der Waals surface area contributed by atoms with Crippen LogP contribution >= 0.6 is 15.9 Å². The fraction of sp³-hybridized carbons (Fsp3) is 0.583. The average Bonchev–Trinajstić information content (AvgIpc) is 2.31. The van der Waals surface area contributed by atoms with E-state index in [4.69, 9.17) is 0 Å². The number of hydrogen-bond acceptors (Lipinski definition) is 3. The molecule has 18 heavy (non-hydrogen) atoms. The van der Waals surface area contributed by atoms with Gasteiger partial charge in [0.25, 0.3) is 5.56 Å². The van der Waals surface area contributed by atoms with Gasteiger partial charge in [-0.1, -0.05) is 13.3 Å². The Hall–Kier alpha value is -0.300. The monoisotopic (exact) mass is 334 g/mol. The van der Waals surface area contributed by atoms with Crippen molar-refractivity contribution in [2.45, 2.75) is 32.7 Å². The molecule has 2 atom stereocenters. The van der Waals surface area contributed by atoms with Gasteiger partial charge in [-0.3, -0.25) is 4.79 Å². The quantitative estimate of drug-likeness (QED) is 0.812. The molecular formula is C12H19BrN2O2S. The molecule has 4 nitrogen and oxygen atoms in total. The van der Waals surface area contributed by atoms with E-state index in [1.807, 2.05) is 6.92 Å². The minimum Gasteiger partial charge on any atom is -0.598 e. The Balaban J connectivity index is 2.75. The van der Waals surface area contributed by atoms with Gasteiger partial charge < -0.3 is 9.12 Å². The number of halogens is 1. The maximum absolute atomic E-state index is 11.8. The summed E-state index contributed by atoms with van der Waals surface area (Å²) in [5.41, 5.74) is 0.768. The number of nitrogens with one attached hydrogen (secondary N) is 1. The zero-order valence-corrected chi connectivity index (χ0v) is 13.3. The molecule has 102 valence electrons. The Morgan fingerprint density at radius 1 is 1.61 bits per heavy atom. The Morgan fingerprint density at radius 3 is 2.89 bits per heavy atom. The summed E-state index contributed by atoms with van der Waals surface area (Å²) < 4.78 is 17.1. The summed E-state index contributed by atoms with van der Waals surface area (Å²) in [5.74, 6) is 0.642. The summed E-state index contributed by atoms with van der Waals surface area (Å²) >= 11 is 2.38. The third-order valence-corrected chi connectivity index (χ3v) is 4.61. The summed E-state index contributed by atoms with van der Waals surface area (Å²) in [6.07, 6.45) is 3.69. The molecule has 1 heterocycles. The summed E-state index contributed by atoms with van der Waals surface area (Å²) in [5, 5.41) is 0. The average molecular weight is 335 g/mol. The number of pyridine rings is 1. The van der Waals surface area contributed by atoms with Crippen molar-refractivity contribution in [3.05, 3.63) is 32.7 Å². The first-order valence-corrected chi connectivity index (χ1v) is 8.07. The van der Waals surface area contributed by atoms with Crippen LogP contribution in [0.4, 0.5) is 0 Å². The number of aromatic nitrogens is 1. The minimum atomic E-state index is -1.05. The summed E-state index contributed by atoms with van der Waals surface area (Å²) in [6, 6.07) is 1.45. The van der Waals surface area contributed by atoms with Crippen LogP contribution in [0, 0.1) is 0 Å². The van der Waals surface area contributed by atoms with Crippen molar-refractivity contribution >= 4 is 27.3 Å². The maximum atomic E-state index is 11.8. The summed E-state index contributed by atoms with van der Waals surface area (Å²) in [4.78, 5) is 11.6. The molecule has 0 aromatic carbocycles. The van der Waals surface area contributed by atoms with E-state index in [1.54, 1.807) is 19.3 Å². The predicted molar refractivity (Wildman–Crippen MR) is 78.9 cm³/mol. The van der Waals surface area contributed by atoms with E-state index in [-0.39, 0.29) is 11.6 Å². The van der Waals surface area contributed by atoms with Crippen molar-refractivity contribution in [3.63, 3.8) is 0 Å². The molecule has 0 aliphatic carbocycles. The first-order chi connectivity index (χ1) is 8.45. The molecule has 1 aromatic heterocycles. The highest BCUT2D eigenvalue weighted by atomic mass is 79.9. The van der Waals surface area contributed by atoms with Gasteiger partial charge in [-0.2, -0.15) is 0 Å². The molecular weight excluding hydrogens is 316 g/mol. The first-order valence-electron chi connectivity index (χ1n) is 5.96. The van der Waals surface area contributed by atoms with Gasteiger partial charge in [0.05, 0.1) is 6.04 Å². The normalized spacial score (nSPS) is 14.5. The number of hydrogen-bond donors (Lipinski definition) is 1. The molecule has 0 radical (unpaired) electrons. The van der Waals surface area contributed by atoms with Crippen LogP contribution in [0.25, 0.3) is 0 Å². The zero-order valence-electron chi connectivity index (χ0n) is 10.9. The van der Waals surface area contributed by atoms with E-state index in [0.717, 1.165) is 22.9 Å². The van der Waals surface area contributed by atoms with Crippen LogP contribution in [0.2, 0.25) is 0 Å². The van der Waals surface area contributed by atoms with Crippen molar-refractivity contribution in [2.75, 3.05) is 5.75 Å². The standard InChI is InChI=1S/C12H19BrN2O2S/c1-4-5-6-18(17)14-9(2)10-7-12(16)15(3)8-11(10)13/h7-9,14H,4-6H2,1-3H3/t9-,18?/m0/s1. The first kappa shape index (κ1) is 15.8. The van der Waals surface area contributed by atoms with Gasteiger partial charge >= 0.3 is 0 Å². The molecule has 0 aliphatic rings. The third kappa shape index (κ3) is 4.42. The molecule has 6 heteroatoms. The van der Waals surface area contributed by atoms with Gasteiger partial charge in [0, 0.05) is 35.1 Å². The lowest BCUT2D eigenvalue weighted by Gasteiger charge is -2.18. The third-order valence-electron chi connectivity index (χ3n) is 2.67. The summed E-state index contributed by atoms with van der Waals surface area (Å²) in [7, 11) is 1.70. The van der Waals surface area contributed by atoms with Crippen LogP contribution in [0.15, 0.2) is 21.5 Å². The van der Waals surface area contributed by atoms with Crippen molar-refractivity contribution in [2.24, 2.45) is 7.05 Å². The molecule has 0 saturated heterocycles. The number of aryl methyl sites for hydroxylation is 1. The molecule has 0 saturated carbocycles. The van der Waals surface area contributed by atoms with Gasteiger partial charge in [-0.05, 0) is 34.8 Å². The van der Waals surface area contributed by atoms with Crippen molar-refractivity contribution in [3.8, 4) is 0 Å². The minimum absolute atomic E-state index is 0.0683. The van der Waals surface area contributed by atoms with E-state index in [1.165, 1.54) is 4.57 Å². The zero-order chi connectivity index (χ0) is 13.7. The lowest BCUT2D eigenvalue weighted by atomic mass is 10.1. The second-order valence-corrected chi connectivity index (χ2v) is 6.46. The second kappa shape index (κ2) is 7.33. The van der Waals surface area contributed by atoms with Crippen molar-refractivity contribution in [1.82, 2.24) is 9.29 Å². The van der Waals surface area contributed by atoms with Crippen LogP contribution in [0.5, 0.6) is 0 Å². The lowest BCUT2D eigenvalue weighted by Crippen LogP contribution is -2.30. The van der Waals surface area contributed by atoms with Crippen LogP contribution in [0.3, 0.4) is 0 Å². The van der Waals surface area contributed by atoms with E-state index in [9.17, 15) is 9.35 Å². The molecule has 0 fully saturated rings. The Bertz CT molecular complexity index is 450. The summed E-state index contributed by atoms with van der Waals surface area (Å²) in [6.45, 7) is 3.97. The lowest BCUT2D eigenvalue weighted by molar-refractivity contribution is 0.562. The topological polar surface area (TPSA) is 57.1 Å². The van der Waals surface area contributed by atoms with Crippen molar-refractivity contribution < 1.29 is 4.55 Å². The van der Waals surface area contributed by atoms with Crippen LogP contribution < -0.4 is 10.3 Å². The molecule has 1 unspecified atom stereocenters. The SMILES string of the molecule is CCCC[S+]([O-])N[C@@H](C)c1cc(=O)n(C)cc1Br. The van der Waals surface area contributed by atoms with Crippen LogP contribution in [0.1, 0.15) is 38.3 Å². The number of nitrogens with zero attached hydrogens (tertiary/aromatic N) is 1.